The Bertz CT molecular complexity index is 680. The molecule has 0 saturated heterocycles. The van der Waals surface area contributed by atoms with Gasteiger partial charge >= 0.3 is 0 Å². The van der Waals surface area contributed by atoms with Gasteiger partial charge in [-0.05, 0) is 23.3 Å². The molecule has 0 N–H and O–H groups in total. The first-order chi connectivity index (χ1) is 10.6. The van der Waals surface area contributed by atoms with Crippen molar-refractivity contribution in [2.24, 2.45) is 7.05 Å². The largest absolute Gasteiger partial charge is 0.335 e. The smallest absolute Gasteiger partial charge is 0.165 e. The van der Waals surface area contributed by atoms with Crippen LogP contribution in [0, 0.1) is 0 Å². The van der Waals surface area contributed by atoms with Crippen molar-refractivity contribution in [1.29, 1.82) is 0 Å². The average Bonchev–Trinajstić information content (AvgIpc) is 3.15. The molecule has 0 unspecified atom stereocenters. The van der Waals surface area contributed by atoms with E-state index in [9.17, 15) is 0 Å². The molecular weight excluding hydrogens is 278 g/mol. The maximum absolute atomic E-state index is 4.86. The van der Waals surface area contributed by atoms with E-state index in [4.69, 9.17) is 4.98 Å². The summed E-state index contributed by atoms with van der Waals surface area (Å²) in [6.45, 7) is 7.16. The third-order valence-electron chi connectivity index (χ3n) is 4.70. The maximum atomic E-state index is 4.86. The predicted octanol–water partition coefficient (Wildman–Crippen LogP) is 1.42. The van der Waals surface area contributed by atoms with Gasteiger partial charge in [-0.25, -0.2) is 9.67 Å². The highest BCUT2D eigenvalue weighted by Crippen LogP contribution is 2.34. The zero-order valence-electron chi connectivity index (χ0n) is 13.5. The highest BCUT2D eigenvalue weighted by molar-refractivity contribution is 5.21. The minimum atomic E-state index is 0.464. The van der Waals surface area contributed by atoms with Crippen LogP contribution in [0.4, 0.5) is 0 Å². The maximum Gasteiger partial charge on any atom is 0.165 e. The summed E-state index contributed by atoms with van der Waals surface area (Å²) in [5.41, 5.74) is 2.62. The molecule has 1 fully saturated rings. The van der Waals surface area contributed by atoms with E-state index in [2.05, 4.69) is 45.9 Å². The van der Waals surface area contributed by atoms with Crippen molar-refractivity contribution in [3.05, 3.63) is 23.0 Å². The van der Waals surface area contributed by atoms with Crippen molar-refractivity contribution in [1.82, 2.24) is 34.7 Å². The quantitative estimate of drug-likeness (QED) is 0.854. The summed E-state index contributed by atoms with van der Waals surface area (Å²) in [6, 6.07) is 0.535. The van der Waals surface area contributed by atoms with E-state index in [-0.39, 0.29) is 0 Å². The van der Waals surface area contributed by atoms with Crippen LogP contribution in [0.3, 0.4) is 0 Å². The average molecular weight is 301 g/mol. The summed E-state index contributed by atoms with van der Waals surface area (Å²) < 4.78 is 4.29. The lowest BCUT2D eigenvalue weighted by molar-refractivity contribution is 0.229. The standard InChI is InChI=1S/C15H23N7/c1-10(2)15-16-12-8-21(7-6-13(12)20(15)3)9-14-17-18-19-22(14)11-4-5-11/h10-11H,4-9H2,1-3H3. The molecule has 3 heterocycles. The summed E-state index contributed by atoms with van der Waals surface area (Å²) in [5, 5.41) is 12.2. The van der Waals surface area contributed by atoms with E-state index in [1.54, 1.807) is 0 Å². The number of imidazole rings is 1. The van der Waals surface area contributed by atoms with Gasteiger partial charge in [-0.2, -0.15) is 0 Å². The molecule has 22 heavy (non-hydrogen) atoms. The number of nitrogens with zero attached hydrogens (tertiary/aromatic N) is 7. The first-order valence-corrected chi connectivity index (χ1v) is 8.17. The predicted molar refractivity (Wildman–Crippen MR) is 81.2 cm³/mol. The van der Waals surface area contributed by atoms with Crippen molar-refractivity contribution in [2.75, 3.05) is 6.54 Å². The van der Waals surface area contributed by atoms with Gasteiger partial charge in [-0.3, -0.25) is 4.90 Å². The van der Waals surface area contributed by atoms with Crippen molar-refractivity contribution in [2.45, 2.75) is 58.2 Å². The molecule has 7 nitrogen and oxygen atoms in total. The molecule has 2 aromatic heterocycles. The van der Waals surface area contributed by atoms with Crippen LogP contribution in [-0.4, -0.2) is 41.2 Å². The number of tetrazole rings is 1. The lowest BCUT2D eigenvalue weighted by Crippen LogP contribution is -2.31. The lowest BCUT2D eigenvalue weighted by Gasteiger charge is -2.25. The molecule has 1 aliphatic carbocycles. The zero-order chi connectivity index (χ0) is 15.3. The molecule has 118 valence electrons. The second-order valence-electron chi connectivity index (χ2n) is 6.81. The molecule has 0 radical (unpaired) electrons. The van der Waals surface area contributed by atoms with E-state index >= 15 is 0 Å². The van der Waals surface area contributed by atoms with E-state index < -0.39 is 0 Å². The van der Waals surface area contributed by atoms with E-state index in [0.717, 1.165) is 31.9 Å². The third kappa shape index (κ3) is 2.33. The molecule has 0 aromatic carbocycles. The molecule has 2 aliphatic rings. The summed E-state index contributed by atoms with van der Waals surface area (Å²) >= 11 is 0. The fourth-order valence-corrected chi connectivity index (χ4v) is 3.37. The molecule has 0 spiro atoms. The molecule has 0 bridgehead atoms. The van der Waals surface area contributed by atoms with Crippen LogP contribution < -0.4 is 0 Å². The Morgan fingerprint density at radius 3 is 2.82 bits per heavy atom. The van der Waals surface area contributed by atoms with Crippen LogP contribution >= 0.6 is 0 Å². The summed E-state index contributed by atoms with van der Waals surface area (Å²) in [6.07, 6.45) is 3.47. The fourth-order valence-electron chi connectivity index (χ4n) is 3.37. The minimum Gasteiger partial charge on any atom is -0.335 e. The number of rotatable bonds is 4. The summed E-state index contributed by atoms with van der Waals surface area (Å²) in [4.78, 5) is 7.27. The Morgan fingerprint density at radius 2 is 2.09 bits per heavy atom. The zero-order valence-corrected chi connectivity index (χ0v) is 13.5. The van der Waals surface area contributed by atoms with Gasteiger partial charge in [-0.15, -0.1) is 5.10 Å². The van der Waals surface area contributed by atoms with Crippen LogP contribution in [0.5, 0.6) is 0 Å². The highest BCUT2D eigenvalue weighted by Gasteiger charge is 2.29. The van der Waals surface area contributed by atoms with Crippen LogP contribution in [0.15, 0.2) is 0 Å². The van der Waals surface area contributed by atoms with Gasteiger partial charge in [0, 0.05) is 38.2 Å². The van der Waals surface area contributed by atoms with E-state index in [0.29, 0.717) is 12.0 Å². The Hall–Kier alpha value is -1.76. The second-order valence-corrected chi connectivity index (χ2v) is 6.81. The van der Waals surface area contributed by atoms with Crippen molar-refractivity contribution >= 4 is 0 Å². The van der Waals surface area contributed by atoms with E-state index in [1.807, 2.05) is 4.68 Å². The molecule has 0 atom stereocenters. The number of aromatic nitrogens is 6. The molecule has 1 saturated carbocycles. The monoisotopic (exact) mass is 301 g/mol. The van der Waals surface area contributed by atoms with Crippen molar-refractivity contribution in [3.63, 3.8) is 0 Å². The number of fused-ring (bicyclic) bond motifs is 1. The van der Waals surface area contributed by atoms with Gasteiger partial charge in [0.25, 0.3) is 0 Å². The van der Waals surface area contributed by atoms with Crippen LogP contribution in [-0.2, 0) is 26.6 Å². The van der Waals surface area contributed by atoms with Crippen LogP contribution in [0.1, 0.15) is 61.7 Å². The topological polar surface area (TPSA) is 64.7 Å². The SMILES string of the molecule is CC(C)c1nc2c(n1C)CCN(Cc1nnnn1C1CC1)C2. The van der Waals surface area contributed by atoms with Crippen LogP contribution in [0.25, 0.3) is 0 Å². The molecule has 7 heteroatoms. The Kier molecular flexibility index (Phi) is 3.25. The number of hydrogen-bond donors (Lipinski definition) is 0. The molecular formula is C15H23N7. The van der Waals surface area contributed by atoms with Gasteiger partial charge in [0.2, 0.25) is 0 Å². The van der Waals surface area contributed by atoms with Crippen LogP contribution in [0.2, 0.25) is 0 Å². The van der Waals surface area contributed by atoms with Gasteiger partial charge in [0.15, 0.2) is 5.82 Å². The molecule has 1 aliphatic heterocycles. The second kappa shape index (κ2) is 5.15. The Labute approximate surface area is 130 Å². The van der Waals surface area contributed by atoms with E-state index in [1.165, 1.54) is 30.1 Å². The Morgan fingerprint density at radius 1 is 1.27 bits per heavy atom. The lowest BCUT2D eigenvalue weighted by atomic mass is 10.1. The fraction of sp³-hybridized carbons (Fsp3) is 0.733. The third-order valence-corrected chi connectivity index (χ3v) is 4.70. The molecule has 2 aromatic rings. The minimum absolute atomic E-state index is 0.464. The first kappa shape index (κ1) is 13.9. The molecule has 4 rings (SSSR count). The molecule has 0 amide bonds. The number of hydrogen-bond acceptors (Lipinski definition) is 5. The highest BCUT2D eigenvalue weighted by atomic mass is 15.6. The van der Waals surface area contributed by atoms with Crippen molar-refractivity contribution in [3.8, 4) is 0 Å². The van der Waals surface area contributed by atoms with Gasteiger partial charge in [-0.1, -0.05) is 13.8 Å². The Balaban J connectivity index is 1.52. The van der Waals surface area contributed by atoms with Gasteiger partial charge in [0.1, 0.15) is 5.82 Å². The van der Waals surface area contributed by atoms with Gasteiger partial charge < -0.3 is 4.57 Å². The van der Waals surface area contributed by atoms with Crippen molar-refractivity contribution < 1.29 is 0 Å². The summed E-state index contributed by atoms with van der Waals surface area (Å²) in [7, 11) is 2.14. The van der Waals surface area contributed by atoms with Gasteiger partial charge in [0.05, 0.1) is 18.3 Å². The normalized spacial score (nSPS) is 18.9. The first-order valence-electron chi connectivity index (χ1n) is 8.17. The summed E-state index contributed by atoms with van der Waals surface area (Å²) in [5.74, 6) is 2.65.